The van der Waals surface area contributed by atoms with Gasteiger partial charge in [0, 0.05) is 20.8 Å². The van der Waals surface area contributed by atoms with Gasteiger partial charge in [-0.3, -0.25) is 4.79 Å². The summed E-state index contributed by atoms with van der Waals surface area (Å²) in [6, 6.07) is 7.99. The van der Waals surface area contributed by atoms with Crippen LogP contribution in [-0.2, 0) is 27.2 Å². The Kier molecular flexibility index (Phi) is 4.90. The Bertz CT molecular complexity index is 432. The predicted octanol–water partition coefficient (Wildman–Crippen LogP) is 0.436. The first-order chi connectivity index (χ1) is 9.24. The highest BCUT2D eigenvalue weighted by atomic mass is 16.7. The van der Waals surface area contributed by atoms with Crippen molar-refractivity contribution in [3.8, 4) is 0 Å². The lowest BCUT2D eigenvalue weighted by Crippen LogP contribution is -2.49. The number of carbonyl (C=O) groups is 1. The standard InChI is InChI=1S/C14H20N2O3/c1-18-13(19-2)9-16-14(17)12-7-10-5-3-4-6-11(10)8-15-12/h3-6,12-13,15H,7-9H2,1-2H3,(H,16,17)/t12-/m1/s1. The number of rotatable bonds is 5. The van der Waals surface area contributed by atoms with Crippen molar-refractivity contribution in [3.63, 3.8) is 0 Å². The van der Waals surface area contributed by atoms with E-state index in [2.05, 4.69) is 22.8 Å². The van der Waals surface area contributed by atoms with Crippen LogP contribution < -0.4 is 10.6 Å². The molecule has 104 valence electrons. The van der Waals surface area contributed by atoms with Gasteiger partial charge in [-0.05, 0) is 17.5 Å². The fraction of sp³-hybridized carbons (Fsp3) is 0.500. The molecule has 1 amide bonds. The lowest BCUT2D eigenvalue weighted by Gasteiger charge is -2.26. The van der Waals surface area contributed by atoms with Gasteiger partial charge in [0.2, 0.25) is 5.91 Å². The second kappa shape index (κ2) is 6.65. The van der Waals surface area contributed by atoms with E-state index in [1.54, 1.807) is 14.2 Å². The van der Waals surface area contributed by atoms with Crippen molar-refractivity contribution in [1.29, 1.82) is 0 Å². The quantitative estimate of drug-likeness (QED) is 0.758. The first-order valence-corrected chi connectivity index (χ1v) is 6.38. The fourth-order valence-corrected chi connectivity index (χ4v) is 2.21. The van der Waals surface area contributed by atoms with Gasteiger partial charge in [0.1, 0.15) is 0 Å². The minimum atomic E-state index is -0.403. The van der Waals surface area contributed by atoms with Crippen LogP contribution in [0.1, 0.15) is 11.1 Å². The smallest absolute Gasteiger partial charge is 0.237 e. The third-order valence-corrected chi connectivity index (χ3v) is 3.37. The summed E-state index contributed by atoms with van der Waals surface area (Å²) in [6.07, 6.45) is 0.312. The van der Waals surface area contributed by atoms with Gasteiger partial charge in [-0.25, -0.2) is 0 Å². The number of hydrogen-bond donors (Lipinski definition) is 2. The zero-order valence-corrected chi connectivity index (χ0v) is 11.3. The topological polar surface area (TPSA) is 59.6 Å². The average Bonchev–Trinajstić information content (AvgIpc) is 2.47. The van der Waals surface area contributed by atoms with Gasteiger partial charge in [-0.1, -0.05) is 24.3 Å². The number of amides is 1. The molecule has 0 saturated carbocycles. The highest BCUT2D eigenvalue weighted by molar-refractivity contribution is 5.82. The van der Waals surface area contributed by atoms with Crippen molar-refractivity contribution in [2.45, 2.75) is 25.3 Å². The molecule has 0 saturated heterocycles. The van der Waals surface area contributed by atoms with Gasteiger partial charge in [-0.2, -0.15) is 0 Å². The fourth-order valence-electron chi connectivity index (χ4n) is 2.21. The van der Waals surface area contributed by atoms with Gasteiger partial charge in [-0.15, -0.1) is 0 Å². The van der Waals surface area contributed by atoms with Crippen LogP contribution in [0, 0.1) is 0 Å². The van der Waals surface area contributed by atoms with Crippen LogP contribution in [0.2, 0.25) is 0 Å². The van der Waals surface area contributed by atoms with Crippen LogP contribution in [0.25, 0.3) is 0 Å². The molecule has 0 fully saturated rings. The zero-order valence-electron chi connectivity index (χ0n) is 11.3. The number of benzene rings is 1. The number of carbonyl (C=O) groups excluding carboxylic acids is 1. The maximum Gasteiger partial charge on any atom is 0.237 e. The number of hydrogen-bond acceptors (Lipinski definition) is 4. The molecule has 0 spiro atoms. The maximum atomic E-state index is 12.1. The van der Waals surface area contributed by atoms with Crippen LogP contribution in [0.3, 0.4) is 0 Å². The van der Waals surface area contributed by atoms with Gasteiger partial charge in [0.05, 0.1) is 12.6 Å². The van der Waals surface area contributed by atoms with Crippen LogP contribution in [-0.4, -0.2) is 39.0 Å². The minimum absolute atomic E-state index is 0.0198. The van der Waals surface area contributed by atoms with E-state index >= 15 is 0 Å². The van der Waals surface area contributed by atoms with Gasteiger partial charge in [0.15, 0.2) is 6.29 Å². The Balaban J connectivity index is 1.88. The molecule has 1 atom stereocenters. The van der Waals surface area contributed by atoms with Crippen LogP contribution in [0.15, 0.2) is 24.3 Å². The normalized spacial score (nSPS) is 18.2. The molecular formula is C14H20N2O3. The molecule has 5 nitrogen and oxygen atoms in total. The Labute approximate surface area is 113 Å². The third kappa shape index (κ3) is 3.53. The molecule has 0 bridgehead atoms. The molecule has 1 aliphatic rings. The average molecular weight is 264 g/mol. The van der Waals surface area contributed by atoms with E-state index in [0.717, 1.165) is 6.54 Å². The first-order valence-electron chi connectivity index (χ1n) is 6.38. The number of fused-ring (bicyclic) bond motifs is 1. The summed E-state index contributed by atoms with van der Waals surface area (Å²) in [5, 5.41) is 6.07. The molecule has 0 unspecified atom stereocenters. The van der Waals surface area contributed by atoms with E-state index in [0.29, 0.717) is 13.0 Å². The van der Waals surface area contributed by atoms with Crippen molar-refractivity contribution in [1.82, 2.24) is 10.6 Å². The van der Waals surface area contributed by atoms with E-state index in [1.165, 1.54) is 11.1 Å². The third-order valence-electron chi connectivity index (χ3n) is 3.37. The summed E-state index contributed by atoms with van der Waals surface area (Å²) in [5.74, 6) is -0.0198. The molecule has 19 heavy (non-hydrogen) atoms. The largest absolute Gasteiger partial charge is 0.354 e. The number of nitrogens with one attached hydrogen (secondary N) is 2. The molecule has 0 radical (unpaired) electrons. The molecule has 0 aliphatic carbocycles. The van der Waals surface area contributed by atoms with Crippen LogP contribution in [0.5, 0.6) is 0 Å². The highest BCUT2D eigenvalue weighted by Crippen LogP contribution is 2.16. The Morgan fingerprint density at radius 3 is 2.74 bits per heavy atom. The Morgan fingerprint density at radius 2 is 2.05 bits per heavy atom. The summed E-state index contributed by atoms with van der Waals surface area (Å²) in [4.78, 5) is 12.1. The molecule has 2 N–H and O–H groups in total. The van der Waals surface area contributed by atoms with Crippen molar-refractivity contribution < 1.29 is 14.3 Å². The van der Waals surface area contributed by atoms with Crippen molar-refractivity contribution >= 4 is 5.91 Å². The monoisotopic (exact) mass is 264 g/mol. The van der Waals surface area contributed by atoms with Gasteiger partial charge >= 0.3 is 0 Å². The minimum Gasteiger partial charge on any atom is -0.354 e. The molecule has 0 aromatic heterocycles. The molecule has 1 aliphatic heterocycles. The van der Waals surface area contributed by atoms with Crippen molar-refractivity contribution in [3.05, 3.63) is 35.4 Å². The van der Waals surface area contributed by atoms with Crippen molar-refractivity contribution in [2.75, 3.05) is 20.8 Å². The second-order valence-corrected chi connectivity index (χ2v) is 4.55. The zero-order chi connectivity index (χ0) is 13.7. The van der Waals surface area contributed by atoms with Crippen molar-refractivity contribution in [2.24, 2.45) is 0 Å². The summed E-state index contributed by atoms with van der Waals surface area (Å²) < 4.78 is 10.1. The molecule has 2 rings (SSSR count). The summed E-state index contributed by atoms with van der Waals surface area (Å²) >= 11 is 0. The first kappa shape index (κ1) is 14.0. The molecule has 1 aromatic rings. The molecule has 1 aromatic carbocycles. The van der Waals surface area contributed by atoms with E-state index < -0.39 is 6.29 Å². The van der Waals surface area contributed by atoms with E-state index in [-0.39, 0.29) is 11.9 Å². The predicted molar refractivity (Wildman–Crippen MR) is 71.6 cm³/mol. The highest BCUT2D eigenvalue weighted by Gasteiger charge is 2.24. The number of methoxy groups -OCH3 is 2. The van der Waals surface area contributed by atoms with E-state index in [9.17, 15) is 4.79 Å². The number of ether oxygens (including phenoxy) is 2. The van der Waals surface area contributed by atoms with E-state index in [1.807, 2.05) is 12.1 Å². The summed E-state index contributed by atoms with van der Waals surface area (Å²) in [5.41, 5.74) is 2.50. The van der Waals surface area contributed by atoms with Gasteiger partial charge < -0.3 is 20.1 Å². The summed E-state index contributed by atoms with van der Waals surface area (Å²) in [6.45, 7) is 1.08. The van der Waals surface area contributed by atoms with Crippen LogP contribution >= 0.6 is 0 Å². The lowest BCUT2D eigenvalue weighted by molar-refractivity contribution is -0.129. The summed E-state index contributed by atoms with van der Waals surface area (Å²) in [7, 11) is 3.10. The van der Waals surface area contributed by atoms with Gasteiger partial charge in [0.25, 0.3) is 0 Å². The van der Waals surface area contributed by atoms with E-state index in [4.69, 9.17) is 9.47 Å². The molecule has 5 heteroatoms. The Hall–Kier alpha value is -1.43. The SMILES string of the molecule is COC(CNC(=O)[C@H]1Cc2ccccc2CN1)OC. The van der Waals surface area contributed by atoms with Crippen LogP contribution in [0.4, 0.5) is 0 Å². The maximum absolute atomic E-state index is 12.1. The molecular weight excluding hydrogens is 244 g/mol. The second-order valence-electron chi connectivity index (χ2n) is 4.55. The Morgan fingerprint density at radius 1 is 1.37 bits per heavy atom. The molecule has 1 heterocycles. The lowest BCUT2D eigenvalue weighted by atomic mass is 9.95.